The van der Waals surface area contributed by atoms with Crippen LogP contribution in [0.15, 0.2) is 29.4 Å². The molecule has 84 valence electrons. The van der Waals surface area contributed by atoms with Crippen molar-refractivity contribution in [2.75, 3.05) is 5.32 Å². The summed E-state index contributed by atoms with van der Waals surface area (Å²) in [5, 5.41) is 6.59. The van der Waals surface area contributed by atoms with Crippen LogP contribution in [0.3, 0.4) is 0 Å². The highest BCUT2D eigenvalue weighted by atomic mass is 32.1. The van der Waals surface area contributed by atoms with Crippen LogP contribution in [0.25, 0.3) is 0 Å². The predicted molar refractivity (Wildman–Crippen MR) is 68.3 cm³/mol. The van der Waals surface area contributed by atoms with Gasteiger partial charge in [0.15, 0.2) is 5.11 Å². The molecule has 4 N–H and O–H groups in total. The number of carbonyl (C=O) groups is 1. The number of hydrogen-bond acceptors (Lipinski definition) is 3. The van der Waals surface area contributed by atoms with Crippen LogP contribution < -0.4 is 16.5 Å². The highest BCUT2D eigenvalue weighted by Crippen LogP contribution is 2.08. The van der Waals surface area contributed by atoms with E-state index >= 15 is 0 Å². The molecule has 1 aromatic rings. The maximum Gasteiger partial charge on any atom is 0.221 e. The fraction of sp³-hybridized carbons (Fsp3) is 0.100. The largest absolute Gasteiger partial charge is 0.375 e. The quantitative estimate of drug-likeness (QED) is 0.412. The van der Waals surface area contributed by atoms with E-state index in [4.69, 9.17) is 5.73 Å². The van der Waals surface area contributed by atoms with Gasteiger partial charge in [0.25, 0.3) is 0 Å². The van der Waals surface area contributed by atoms with Crippen molar-refractivity contribution < 1.29 is 4.79 Å². The van der Waals surface area contributed by atoms with Crippen molar-refractivity contribution in [3.63, 3.8) is 0 Å². The summed E-state index contributed by atoms with van der Waals surface area (Å²) < 4.78 is 0. The lowest BCUT2D eigenvalue weighted by molar-refractivity contribution is -0.114. The van der Waals surface area contributed by atoms with Crippen molar-refractivity contribution in [3.8, 4) is 0 Å². The van der Waals surface area contributed by atoms with Gasteiger partial charge in [0.1, 0.15) is 0 Å². The molecule has 16 heavy (non-hydrogen) atoms. The van der Waals surface area contributed by atoms with E-state index in [-0.39, 0.29) is 11.0 Å². The highest BCUT2D eigenvalue weighted by Gasteiger charge is 1.95. The number of anilines is 1. The minimum Gasteiger partial charge on any atom is -0.375 e. The third kappa shape index (κ3) is 4.52. The molecule has 0 bridgehead atoms. The van der Waals surface area contributed by atoms with E-state index in [2.05, 4.69) is 28.1 Å². The summed E-state index contributed by atoms with van der Waals surface area (Å²) in [7, 11) is 0. The number of hydrogen-bond donors (Lipinski definition) is 3. The number of nitrogens with zero attached hydrogens (tertiary/aromatic N) is 1. The molecule has 5 nitrogen and oxygen atoms in total. The Labute approximate surface area is 98.7 Å². The Balaban J connectivity index is 2.70. The first kappa shape index (κ1) is 12.1. The minimum absolute atomic E-state index is 0.106. The molecular formula is C10H12N4OS. The number of hydrazone groups is 1. The summed E-state index contributed by atoms with van der Waals surface area (Å²) in [5.41, 5.74) is 9.19. The molecule has 0 aliphatic carbocycles. The van der Waals surface area contributed by atoms with E-state index in [1.165, 1.54) is 6.92 Å². The number of carbonyl (C=O) groups excluding carboxylic acids is 1. The second-order valence-corrected chi connectivity index (χ2v) is 3.48. The molecule has 0 aliphatic heterocycles. The topological polar surface area (TPSA) is 79.5 Å². The molecule has 0 unspecified atom stereocenters. The highest BCUT2D eigenvalue weighted by molar-refractivity contribution is 7.80. The molecule has 0 saturated carbocycles. The summed E-state index contributed by atoms with van der Waals surface area (Å²) in [5.74, 6) is -0.115. The van der Waals surface area contributed by atoms with Crippen molar-refractivity contribution in [3.05, 3.63) is 29.8 Å². The van der Waals surface area contributed by atoms with Crippen molar-refractivity contribution in [2.45, 2.75) is 6.92 Å². The Morgan fingerprint density at radius 2 is 2.31 bits per heavy atom. The maximum atomic E-state index is 10.8. The molecular weight excluding hydrogens is 224 g/mol. The van der Waals surface area contributed by atoms with Gasteiger partial charge in [-0.05, 0) is 29.9 Å². The molecule has 0 aromatic heterocycles. The van der Waals surface area contributed by atoms with Crippen LogP contribution in [0.5, 0.6) is 0 Å². The molecule has 0 radical (unpaired) electrons. The van der Waals surface area contributed by atoms with Gasteiger partial charge in [-0.15, -0.1) is 0 Å². The Morgan fingerprint density at radius 3 is 2.94 bits per heavy atom. The minimum atomic E-state index is -0.115. The third-order valence-electron chi connectivity index (χ3n) is 1.60. The number of rotatable bonds is 3. The summed E-state index contributed by atoms with van der Waals surface area (Å²) in [6.07, 6.45) is 1.56. The zero-order valence-electron chi connectivity index (χ0n) is 8.73. The first-order chi connectivity index (χ1) is 7.58. The zero-order chi connectivity index (χ0) is 12.0. The molecule has 0 aliphatic rings. The lowest BCUT2D eigenvalue weighted by Crippen LogP contribution is -2.23. The molecule has 0 atom stereocenters. The normalized spacial score (nSPS) is 10.1. The fourth-order valence-electron chi connectivity index (χ4n) is 1.07. The summed E-state index contributed by atoms with van der Waals surface area (Å²) in [4.78, 5) is 10.8. The standard InChI is InChI=1S/C10H12N4OS/c1-7(15)13-9-4-2-3-8(5-9)6-12-14-10(11)16/h2-6H,1H3,(H,13,15)(H3,11,14,16). The van der Waals surface area contributed by atoms with Crippen LogP contribution in [-0.4, -0.2) is 17.2 Å². The van der Waals surface area contributed by atoms with Crippen LogP contribution in [0.1, 0.15) is 12.5 Å². The number of benzene rings is 1. The Kier molecular flexibility index (Phi) is 4.41. The summed E-state index contributed by atoms with van der Waals surface area (Å²) >= 11 is 4.59. The Bertz CT molecular complexity index is 431. The number of nitrogens with two attached hydrogens (primary N) is 1. The first-order valence-electron chi connectivity index (χ1n) is 4.54. The predicted octanol–water partition coefficient (Wildman–Crippen LogP) is 0.812. The zero-order valence-corrected chi connectivity index (χ0v) is 9.54. The smallest absolute Gasteiger partial charge is 0.221 e. The maximum absolute atomic E-state index is 10.8. The second kappa shape index (κ2) is 5.82. The Hall–Kier alpha value is -1.95. The van der Waals surface area contributed by atoms with E-state index in [0.717, 1.165) is 5.56 Å². The van der Waals surface area contributed by atoms with Crippen LogP contribution in [-0.2, 0) is 4.79 Å². The average molecular weight is 236 g/mol. The van der Waals surface area contributed by atoms with Gasteiger partial charge in [-0.1, -0.05) is 12.1 Å². The van der Waals surface area contributed by atoms with Crippen LogP contribution in [0, 0.1) is 0 Å². The van der Waals surface area contributed by atoms with Gasteiger partial charge >= 0.3 is 0 Å². The van der Waals surface area contributed by atoms with Gasteiger partial charge in [0.2, 0.25) is 5.91 Å². The molecule has 0 saturated heterocycles. The second-order valence-electron chi connectivity index (χ2n) is 3.04. The summed E-state index contributed by atoms with van der Waals surface area (Å²) in [6.45, 7) is 1.45. The van der Waals surface area contributed by atoms with E-state index in [9.17, 15) is 4.79 Å². The van der Waals surface area contributed by atoms with Crippen molar-refractivity contribution in [2.24, 2.45) is 10.8 Å². The van der Waals surface area contributed by atoms with Gasteiger partial charge in [-0.3, -0.25) is 10.2 Å². The number of thiocarbonyl (C=S) groups is 1. The van der Waals surface area contributed by atoms with Gasteiger partial charge in [0, 0.05) is 12.6 Å². The van der Waals surface area contributed by atoms with Crippen molar-refractivity contribution in [1.29, 1.82) is 0 Å². The van der Waals surface area contributed by atoms with E-state index in [1.54, 1.807) is 18.3 Å². The molecule has 1 amide bonds. The van der Waals surface area contributed by atoms with E-state index in [1.807, 2.05) is 12.1 Å². The molecule has 0 heterocycles. The van der Waals surface area contributed by atoms with Crippen molar-refractivity contribution >= 4 is 35.1 Å². The van der Waals surface area contributed by atoms with Gasteiger partial charge < -0.3 is 11.1 Å². The monoisotopic (exact) mass is 236 g/mol. The molecule has 6 heteroatoms. The molecule has 0 spiro atoms. The summed E-state index contributed by atoms with van der Waals surface area (Å²) in [6, 6.07) is 7.23. The number of amides is 1. The lowest BCUT2D eigenvalue weighted by Gasteiger charge is -2.02. The number of nitrogens with one attached hydrogen (secondary N) is 2. The molecule has 1 aromatic carbocycles. The van der Waals surface area contributed by atoms with Gasteiger partial charge in [-0.2, -0.15) is 5.10 Å². The van der Waals surface area contributed by atoms with Gasteiger partial charge in [-0.25, -0.2) is 0 Å². The fourth-order valence-corrected chi connectivity index (χ4v) is 1.12. The SMILES string of the molecule is CC(=O)Nc1cccc(C=NNC(N)=S)c1. The molecule has 1 rings (SSSR count). The first-order valence-corrected chi connectivity index (χ1v) is 4.95. The lowest BCUT2D eigenvalue weighted by atomic mass is 10.2. The van der Waals surface area contributed by atoms with E-state index in [0.29, 0.717) is 5.69 Å². The average Bonchev–Trinajstić information content (AvgIpc) is 2.16. The van der Waals surface area contributed by atoms with Crippen LogP contribution in [0.4, 0.5) is 5.69 Å². The van der Waals surface area contributed by atoms with E-state index < -0.39 is 0 Å². The van der Waals surface area contributed by atoms with Crippen LogP contribution >= 0.6 is 12.2 Å². The van der Waals surface area contributed by atoms with Crippen LogP contribution in [0.2, 0.25) is 0 Å². The third-order valence-corrected chi connectivity index (χ3v) is 1.69. The Morgan fingerprint density at radius 1 is 1.56 bits per heavy atom. The van der Waals surface area contributed by atoms with Crippen molar-refractivity contribution in [1.82, 2.24) is 5.43 Å². The molecule has 0 fully saturated rings. The van der Waals surface area contributed by atoms with Gasteiger partial charge in [0.05, 0.1) is 6.21 Å².